The molecule has 0 saturated carbocycles. The second kappa shape index (κ2) is 5.63. The highest BCUT2D eigenvalue weighted by molar-refractivity contribution is 9.11. The summed E-state index contributed by atoms with van der Waals surface area (Å²) in [6.07, 6.45) is 1.99. The summed E-state index contributed by atoms with van der Waals surface area (Å²) < 4.78 is 13.0. The predicted molar refractivity (Wildman–Crippen MR) is 80.1 cm³/mol. The molecule has 0 saturated heterocycles. The summed E-state index contributed by atoms with van der Waals surface area (Å²) in [4.78, 5) is 0. The Kier molecular flexibility index (Phi) is 4.35. The van der Waals surface area contributed by atoms with Crippen molar-refractivity contribution in [2.45, 2.75) is 26.3 Å². The minimum Gasteiger partial charge on any atom is -0.496 e. The Morgan fingerprint density at radius 2 is 2.11 bits per heavy atom. The van der Waals surface area contributed by atoms with Gasteiger partial charge in [-0.15, -0.1) is 0 Å². The molecule has 0 fully saturated rings. The van der Waals surface area contributed by atoms with Crippen molar-refractivity contribution >= 4 is 42.8 Å². The van der Waals surface area contributed by atoms with Gasteiger partial charge in [-0.25, -0.2) is 0 Å². The van der Waals surface area contributed by atoms with Crippen molar-refractivity contribution in [3.8, 4) is 5.75 Å². The van der Waals surface area contributed by atoms with Gasteiger partial charge in [0.1, 0.15) is 17.1 Å². The molecule has 0 atom stereocenters. The van der Waals surface area contributed by atoms with Gasteiger partial charge in [-0.1, -0.05) is 13.3 Å². The number of halogens is 2. The summed E-state index contributed by atoms with van der Waals surface area (Å²) in [5, 5.41) is 1.06. The molecule has 5 heteroatoms. The Morgan fingerprint density at radius 3 is 2.67 bits per heavy atom. The first-order chi connectivity index (χ1) is 8.63. The van der Waals surface area contributed by atoms with E-state index in [1.54, 1.807) is 7.11 Å². The number of methoxy groups -OCH3 is 1. The van der Waals surface area contributed by atoms with Crippen LogP contribution < -0.4 is 10.5 Å². The molecule has 0 radical (unpaired) electrons. The van der Waals surface area contributed by atoms with Gasteiger partial charge < -0.3 is 14.9 Å². The zero-order chi connectivity index (χ0) is 13.3. The average molecular weight is 377 g/mol. The monoisotopic (exact) mass is 375 g/mol. The number of benzene rings is 1. The number of hydrogen-bond donors (Lipinski definition) is 1. The van der Waals surface area contributed by atoms with Crippen molar-refractivity contribution in [2.24, 2.45) is 5.73 Å². The van der Waals surface area contributed by atoms with Gasteiger partial charge in [0, 0.05) is 10.9 Å². The second-order valence-electron chi connectivity index (χ2n) is 4.04. The Balaban J connectivity index is 2.82. The maximum absolute atomic E-state index is 5.85. The zero-order valence-electron chi connectivity index (χ0n) is 10.3. The Hall–Kier alpha value is -0.520. The van der Waals surface area contributed by atoms with Crippen molar-refractivity contribution < 1.29 is 9.15 Å². The fraction of sp³-hybridized carbons (Fsp3) is 0.385. The molecule has 3 nitrogen and oxygen atoms in total. The van der Waals surface area contributed by atoms with Crippen LogP contribution in [0.15, 0.2) is 19.4 Å². The molecular weight excluding hydrogens is 362 g/mol. The Labute approximate surface area is 123 Å². The van der Waals surface area contributed by atoms with Crippen molar-refractivity contribution in [1.82, 2.24) is 0 Å². The van der Waals surface area contributed by atoms with Crippen LogP contribution in [0.1, 0.15) is 24.7 Å². The maximum Gasteiger partial charge on any atom is 0.150 e. The number of nitrogens with two attached hydrogens (primary N) is 1. The third-order valence-electron chi connectivity index (χ3n) is 2.91. The molecule has 0 amide bonds. The summed E-state index contributed by atoms with van der Waals surface area (Å²) in [5.41, 5.74) is 7.75. The number of furan rings is 1. The van der Waals surface area contributed by atoms with Gasteiger partial charge in [0.25, 0.3) is 0 Å². The van der Waals surface area contributed by atoms with E-state index in [9.17, 15) is 0 Å². The standard InChI is InChI=1S/C13H15Br2NO2/c1-3-4-7-10(6-16)18-13-8(14)5-9(17-2)12(15)11(7)13/h5H,3-4,6,16H2,1-2H3. The van der Waals surface area contributed by atoms with Crippen LogP contribution in [0.4, 0.5) is 0 Å². The number of fused-ring (bicyclic) bond motifs is 1. The second-order valence-corrected chi connectivity index (χ2v) is 5.68. The lowest BCUT2D eigenvalue weighted by Crippen LogP contribution is -1.98. The van der Waals surface area contributed by atoms with E-state index in [1.165, 1.54) is 5.56 Å². The lowest BCUT2D eigenvalue weighted by atomic mass is 10.1. The van der Waals surface area contributed by atoms with E-state index < -0.39 is 0 Å². The van der Waals surface area contributed by atoms with Crippen LogP contribution in [0.3, 0.4) is 0 Å². The molecule has 1 heterocycles. The lowest BCUT2D eigenvalue weighted by Gasteiger charge is -2.06. The van der Waals surface area contributed by atoms with Gasteiger partial charge in [0.2, 0.25) is 0 Å². The lowest BCUT2D eigenvalue weighted by molar-refractivity contribution is 0.412. The molecule has 2 rings (SSSR count). The fourth-order valence-electron chi connectivity index (χ4n) is 2.11. The van der Waals surface area contributed by atoms with E-state index >= 15 is 0 Å². The summed E-state index contributed by atoms with van der Waals surface area (Å²) >= 11 is 7.11. The molecule has 98 valence electrons. The van der Waals surface area contributed by atoms with Crippen LogP contribution in [-0.4, -0.2) is 7.11 Å². The molecule has 0 unspecified atom stereocenters. The first-order valence-electron chi connectivity index (χ1n) is 5.80. The quantitative estimate of drug-likeness (QED) is 0.861. The zero-order valence-corrected chi connectivity index (χ0v) is 13.5. The average Bonchev–Trinajstić information content (AvgIpc) is 2.74. The maximum atomic E-state index is 5.85. The molecule has 0 bridgehead atoms. The third-order valence-corrected chi connectivity index (χ3v) is 4.28. The predicted octanol–water partition coefficient (Wildman–Crippen LogP) is 4.38. The molecule has 1 aromatic heterocycles. The first kappa shape index (κ1) is 13.9. The highest BCUT2D eigenvalue weighted by Crippen LogP contribution is 2.42. The van der Waals surface area contributed by atoms with Crippen molar-refractivity contribution in [3.63, 3.8) is 0 Å². The molecular formula is C13H15Br2NO2. The number of hydrogen-bond acceptors (Lipinski definition) is 3. The van der Waals surface area contributed by atoms with Gasteiger partial charge in [-0.05, 0) is 44.3 Å². The minimum absolute atomic E-state index is 0.408. The number of rotatable bonds is 4. The van der Waals surface area contributed by atoms with Gasteiger partial charge in [-0.3, -0.25) is 0 Å². The Bertz CT molecular complexity index is 578. The van der Waals surface area contributed by atoms with Gasteiger partial charge in [0.15, 0.2) is 0 Å². The molecule has 0 aliphatic heterocycles. The minimum atomic E-state index is 0.408. The molecule has 0 aliphatic carbocycles. The van der Waals surface area contributed by atoms with Gasteiger partial charge in [0.05, 0.1) is 22.6 Å². The van der Waals surface area contributed by atoms with Crippen LogP contribution in [0.5, 0.6) is 5.75 Å². The molecule has 18 heavy (non-hydrogen) atoms. The highest BCUT2D eigenvalue weighted by atomic mass is 79.9. The van der Waals surface area contributed by atoms with Crippen molar-refractivity contribution in [2.75, 3.05) is 7.11 Å². The smallest absolute Gasteiger partial charge is 0.150 e. The normalized spacial score (nSPS) is 11.2. The van der Waals surface area contributed by atoms with E-state index in [1.807, 2.05) is 6.07 Å². The topological polar surface area (TPSA) is 48.4 Å². The van der Waals surface area contributed by atoms with Crippen LogP contribution in [0.25, 0.3) is 11.0 Å². The van der Waals surface area contributed by atoms with E-state index in [0.717, 1.165) is 44.3 Å². The van der Waals surface area contributed by atoms with Crippen molar-refractivity contribution in [3.05, 3.63) is 26.3 Å². The third kappa shape index (κ3) is 2.19. The molecule has 2 N–H and O–H groups in total. The Morgan fingerprint density at radius 1 is 1.39 bits per heavy atom. The highest BCUT2D eigenvalue weighted by Gasteiger charge is 2.20. The molecule has 0 aliphatic rings. The van der Waals surface area contributed by atoms with Crippen LogP contribution in [0, 0.1) is 0 Å². The first-order valence-corrected chi connectivity index (χ1v) is 7.38. The van der Waals surface area contributed by atoms with E-state index in [-0.39, 0.29) is 0 Å². The van der Waals surface area contributed by atoms with E-state index in [2.05, 4.69) is 38.8 Å². The molecule has 0 spiro atoms. The van der Waals surface area contributed by atoms with Gasteiger partial charge >= 0.3 is 0 Å². The fourth-order valence-corrected chi connectivity index (χ4v) is 3.29. The summed E-state index contributed by atoms with van der Waals surface area (Å²) in [7, 11) is 1.65. The van der Waals surface area contributed by atoms with Crippen LogP contribution in [-0.2, 0) is 13.0 Å². The number of aryl methyl sites for hydroxylation is 1. The van der Waals surface area contributed by atoms with Gasteiger partial charge in [-0.2, -0.15) is 0 Å². The summed E-state index contributed by atoms with van der Waals surface area (Å²) in [5.74, 6) is 1.64. The summed E-state index contributed by atoms with van der Waals surface area (Å²) in [6, 6.07) is 1.89. The SMILES string of the molecule is CCCc1c(CN)oc2c(Br)cc(OC)c(Br)c12. The van der Waals surface area contributed by atoms with E-state index in [0.29, 0.717) is 6.54 Å². The van der Waals surface area contributed by atoms with Crippen molar-refractivity contribution in [1.29, 1.82) is 0 Å². The summed E-state index contributed by atoms with van der Waals surface area (Å²) in [6.45, 7) is 2.55. The van der Waals surface area contributed by atoms with Crippen LogP contribution >= 0.6 is 31.9 Å². The largest absolute Gasteiger partial charge is 0.496 e. The van der Waals surface area contributed by atoms with Crippen LogP contribution in [0.2, 0.25) is 0 Å². The van der Waals surface area contributed by atoms with E-state index in [4.69, 9.17) is 14.9 Å². The molecule has 2 aromatic rings. The molecule has 1 aromatic carbocycles. The number of ether oxygens (including phenoxy) is 1.